The molecule has 1 amide bonds. The summed E-state index contributed by atoms with van der Waals surface area (Å²) in [4.78, 5) is 23.6. The first kappa shape index (κ1) is 26.7. The number of benzene rings is 3. The third-order valence-corrected chi connectivity index (χ3v) is 5.70. The molecule has 0 bridgehead atoms. The topological polar surface area (TPSA) is 119 Å². The van der Waals surface area contributed by atoms with Crippen molar-refractivity contribution >= 4 is 33.8 Å². The third kappa shape index (κ3) is 8.37. The van der Waals surface area contributed by atoms with Crippen molar-refractivity contribution in [2.75, 3.05) is 18.7 Å². The first-order chi connectivity index (χ1) is 17.1. The molecule has 3 rings (SSSR count). The van der Waals surface area contributed by atoms with Crippen LogP contribution >= 0.6 is 0 Å². The van der Waals surface area contributed by atoms with Crippen LogP contribution in [0.5, 0.6) is 5.75 Å². The van der Waals surface area contributed by atoms with Gasteiger partial charge < -0.3 is 19.3 Å². The maximum Gasteiger partial charge on any atom is 0.333 e. The molecule has 3 aromatic carbocycles. The minimum absolute atomic E-state index is 0.215. The zero-order valence-corrected chi connectivity index (χ0v) is 20.7. The van der Waals surface area contributed by atoms with Crippen molar-refractivity contribution in [1.29, 1.82) is 0 Å². The molecule has 0 heterocycles. The van der Waals surface area contributed by atoms with Gasteiger partial charge in [-0.1, -0.05) is 48.6 Å². The summed E-state index contributed by atoms with van der Waals surface area (Å²) >= 11 is 0. The van der Waals surface area contributed by atoms with Crippen LogP contribution in [0.2, 0.25) is 0 Å². The number of carbonyl (C=O) groups excluding carboxylic acids is 1. The third-order valence-electron chi connectivity index (χ3n) is 5.20. The molecule has 0 spiro atoms. The van der Waals surface area contributed by atoms with Crippen LogP contribution in [-0.4, -0.2) is 44.9 Å². The van der Waals surface area contributed by atoms with Crippen LogP contribution in [-0.2, 0) is 32.5 Å². The average Bonchev–Trinajstić information content (AvgIpc) is 2.84. The number of nitrogens with one attached hydrogen (secondary N) is 1. The van der Waals surface area contributed by atoms with E-state index in [2.05, 4.69) is 5.32 Å². The van der Waals surface area contributed by atoms with E-state index in [1.807, 2.05) is 36.4 Å². The number of carboxylic acids is 1. The number of aliphatic carboxylic acids is 1. The van der Waals surface area contributed by atoms with E-state index in [0.717, 1.165) is 22.9 Å². The summed E-state index contributed by atoms with van der Waals surface area (Å²) in [5, 5.41) is 11.9. The molecule has 0 aliphatic rings. The second-order valence-corrected chi connectivity index (χ2v) is 9.65. The smallest absolute Gasteiger partial charge is 0.333 e. The average molecular weight is 510 g/mol. The predicted molar refractivity (Wildman–Crippen MR) is 138 cm³/mol. The van der Waals surface area contributed by atoms with Crippen molar-refractivity contribution in [3.05, 3.63) is 101 Å². The van der Waals surface area contributed by atoms with E-state index in [-0.39, 0.29) is 18.1 Å². The number of allylic oxidation sites excluding steroid dienone is 1. The summed E-state index contributed by atoms with van der Waals surface area (Å²) in [5.41, 5.74) is 3.84. The minimum Gasteiger partial charge on any atom is -0.479 e. The zero-order chi connectivity index (χ0) is 26.1. The van der Waals surface area contributed by atoms with Crippen molar-refractivity contribution in [3.63, 3.8) is 0 Å². The Kier molecular flexibility index (Phi) is 8.99. The molecule has 0 saturated heterocycles. The number of rotatable bonds is 11. The van der Waals surface area contributed by atoms with Crippen molar-refractivity contribution in [1.82, 2.24) is 0 Å². The van der Waals surface area contributed by atoms with Gasteiger partial charge in [0.15, 0.2) is 6.10 Å². The molecule has 36 heavy (non-hydrogen) atoms. The first-order valence-corrected chi connectivity index (χ1v) is 12.9. The highest BCUT2D eigenvalue weighted by Gasteiger charge is 2.17. The minimum atomic E-state index is -3.55. The number of carboxylic acid groups (broad SMARTS) is 1. The predicted octanol–water partition coefficient (Wildman–Crippen LogP) is 4.18. The summed E-state index contributed by atoms with van der Waals surface area (Å²) in [6, 6.07) is 20.9. The molecule has 8 nitrogen and oxygen atoms in total. The number of methoxy groups -OCH3 is 1. The SMILES string of the molecule is CO[C@@H](Cc1ccc(C(=O)Nc2ccc(C/C=C/c3ccc(OS(C)(=O)=O)cc3)cc2)cc1)C(=O)O. The lowest BCUT2D eigenvalue weighted by molar-refractivity contribution is -0.148. The van der Waals surface area contributed by atoms with E-state index in [4.69, 9.17) is 14.0 Å². The quantitative estimate of drug-likeness (QED) is 0.372. The normalized spacial score (nSPS) is 12.3. The van der Waals surface area contributed by atoms with Gasteiger partial charge in [0, 0.05) is 24.8 Å². The van der Waals surface area contributed by atoms with Crippen molar-refractivity contribution in [3.8, 4) is 5.75 Å². The van der Waals surface area contributed by atoms with Gasteiger partial charge in [0.1, 0.15) is 5.75 Å². The second kappa shape index (κ2) is 12.1. The summed E-state index contributed by atoms with van der Waals surface area (Å²) in [6.45, 7) is 0. The summed E-state index contributed by atoms with van der Waals surface area (Å²) in [6.07, 6.45) is 4.87. The Morgan fingerprint density at radius 2 is 1.56 bits per heavy atom. The van der Waals surface area contributed by atoms with E-state index < -0.39 is 22.2 Å². The molecule has 0 aliphatic carbocycles. The Bertz CT molecular complexity index is 1310. The molecule has 0 radical (unpaired) electrons. The Morgan fingerprint density at radius 3 is 2.11 bits per heavy atom. The van der Waals surface area contributed by atoms with Gasteiger partial charge in [-0.2, -0.15) is 8.42 Å². The van der Waals surface area contributed by atoms with Crippen LogP contribution in [0.15, 0.2) is 78.9 Å². The van der Waals surface area contributed by atoms with Crippen molar-refractivity contribution < 1.29 is 32.0 Å². The van der Waals surface area contributed by atoms with Gasteiger partial charge in [-0.15, -0.1) is 0 Å². The molecule has 2 N–H and O–H groups in total. The maximum atomic E-state index is 12.5. The van der Waals surface area contributed by atoms with Gasteiger partial charge in [-0.05, 0) is 59.5 Å². The lowest BCUT2D eigenvalue weighted by Gasteiger charge is -2.11. The molecule has 0 fully saturated rings. The highest BCUT2D eigenvalue weighted by Crippen LogP contribution is 2.17. The molecule has 0 saturated carbocycles. The van der Waals surface area contributed by atoms with E-state index in [1.165, 1.54) is 7.11 Å². The van der Waals surface area contributed by atoms with E-state index in [1.54, 1.807) is 48.5 Å². The lowest BCUT2D eigenvalue weighted by atomic mass is 10.1. The highest BCUT2D eigenvalue weighted by molar-refractivity contribution is 7.86. The monoisotopic (exact) mass is 509 g/mol. The number of hydrogen-bond acceptors (Lipinski definition) is 6. The van der Waals surface area contributed by atoms with Crippen LogP contribution in [0.1, 0.15) is 27.0 Å². The largest absolute Gasteiger partial charge is 0.479 e. The molecule has 0 unspecified atom stereocenters. The van der Waals surface area contributed by atoms with Gasteiger partial charge in [-0.3, -0.25) is 4.79 Å². The summed E-state index contributed by atoms with van der Waals surface area (Å²) < 4.78 is 32.1. The van der Waals surface area contributed by atoms with Gasteiger partial charge in [0.25, 0.3) is 5.91 Å². The fourth-order valence-corrected chi connectivity index (χ4v) is 3.81. The number of hydrogen-bond donors (Lipinski definition) is 2. The molecule has 0 aromatic heterocycles. The number of anilines is 1. The van der Waals surface area contributed by atoms with Crippen LogP contribution in [0.25, 0.3) is 6.08 Å². The summed E-state index contributed by atoms with van der Waals surface area (Å²) in [7, 11) is -2.20. The first-order valence-electron chi connectivity index (χ1n) is 11.0. The van der Waals surface area contributed by atoms with Gasteiger partial charge in [-0.25, -0.2) is 4.79 Å². The van der Waals surface area contributed by atoms with Gasteiger partial charge in [0.2, 0.25) is 0 Å². The Morgan fingerprint density at radius 1 is 0.944 bits per heavy atom. The molecular weight excluding hydrogens is 482 g/mol. The summed E-state index contributed by atoms with van der Waals surface area (Å²) in [5.74, 6) is -1.03. The molecule has 9 heteroatoms. The fraction of sp³-hybridized carbons (Fsp3) is 0.185. The Labute approximate surface area is 210 Å². The van der Waals surface area contributed by atoms with Crippen molar-refractivity contribution in [2.24, 2.45) is 0 Å². The van der Waals surface area contributed by atoms with E-state index in [9.17, 15) is 18.0 Å². The molecular formula is C27H27NO7S. The molecule has 1 atom stereocenters. The highest BCUT2D eigenvalue weighted by atomic mass is 32.2. The standard InChI is InChI=1S/C27H27NO7S/c1-34-25(27(30)31)18-21-6-12-22(13-7-21)26(29)28-23-14-8-19(9-15-23)4-3-5-20-10-16-24(17-11-20)35-36(2,32)33/h3,5-17,25H,4,18H2,1-2H3,(H,28,29)(H,30,31)/b5-3+/t25-/m0/s1. The van der Waals surface area contributed by atoms with Gasteiger partial charge in [0.05, 0.1) is 6.26 Å². The Balaban J connectivity index is 1.52. The number of amides is 1. The van der Waals surface area contributed by atoms with Gasteiger partial charge >= 0.3 is 16.1 Å². The van der Waals surface area contributed by atoms with E-state index >= 15 is 0 Å². The van der Waals surface area contributed by atoms with Crippen molar-refractivity contribution in [2.45, 2.75) is 18.9 Å². The fourth-order valence-electron chi connectivity index (χ4n) is 3.35. The molecule has 188 valence electrons. The van der Waals surface area contributed by atoms with E-state index in [0.29, 0.717) is 17.7 Å². The van der Waals surface area contributed by atoms with Crippen LogP contribution in [0.3, 0.4) is 0 Å². The Hall–Kier alpha value is -3.95. The number of ether oxygens (including phenoxy) is 1. The second-order valence-electron chi connectivity index (χ2n) is 8.08. The molecule has 3 aromatic rings. The zero-order valence-electron chi connectivity index (χ0n) is 19.9. The number of carbonyl (C=O) groups is 2. The molecule has 0 aliphatic heterocycles. The van der Waals surface area contributed by atoms with Crippen LogP contribution in [0, 0.1) is 0 Å². The lowest BCUT2D eigenvalue weighted by Crippen LogP contribution is -2.24. The van der Waals surface area contributed by atoms with Crippen LogP contribution in [0.4, 0.5) is 5.69 Å². The van der Waals surface area contributed by atoms with Crippen LogP contribution < -0.4 is 9.50 Å². The maximum absolute atomic E-state index is 12.5.